The van der Waals surface area contributed by atoms with Crippen molar-refractivity contribution in [1.29, 1.82) is 0 Å². The van der Waals surface area contributed by atoms with Gasteiger partial charge in [-0.05, 0) is 58.7 Å². The van der Waals surface area contributed by atoms with E-state index in [1.54, 1.807) is 0 Å². The number of benzene rings is 2. The lowest BCUT2D eigenvalue weighted by atomic mass is 10.1. The van der Waals surface area contributed by atoms with Gasteiger partial charge in [0.2, 0.25) is 0 Å². The van der Waals surface area contributed by atoms with E-state index in [0.29, 0.717) is 0 Å². The summed E-state index contributed by atoms with van der Waals surface area (Å²) in [5.74, 6) is 0. The third-order valence-electron chi connectivity index (χ3n) is 2.73. The molecule has 2 rings (SSSR count). The first kappa shape index (κ1) is 15.4. The van der Waals surface area contributed by atoms with Gasteiger partial charge in [0.25, 0.3) is 0 Å². The van der Waals surface area contributed by atoms with Crippen LogP contribution in [0.5, 0.6) is 0 Å². The Bertz CT molecular complexity index is 601. The molecule has 1 nitrogen and oxygen atoms in total. The van der Waals surface area contributed by atoms with Crippen LogP contribution in [0.1, 0.15) is 18.5 Å². The summed E-state index contributed by atoms with van der Waals surface area (Å²) in [6.07, 6.45) is 0. The van der Waals surface area contributed by atoms with Crippen LogP contribution in [-0.2, 0) is 0 Å². The van der Waals surface area contributed by atoms with E-state index < -0.39 is 0 Å². The first-order valence-electron chi connectivity index (χ1n) is 5.64. The van der Waals surface area contributed by atoms with Gasteiger partial charge in [-0.3, -0.25) is 0 Å². The fraction of sp³-hybridized carbons (Fsp3) is 0.143. The molecule has 1 unspecified atom stereocenters. The van der Waals surface area contributed by atoms with Gasteiger partial charge in [-0.15, -0.1) is 0 Å². The Labute approximate surface area is 143 Å². The van der Waals surface area contributed by atoms with Crippen LogP contribution in [0.2, 0.25) is 5.02 Å². The topological polar surface area (TPSA) is 12.0 Å². The van der Waals surface area contributed by atoms with Crippen molar-refractivity contribution < 1.29 is 0 Å². The standard InChI is InChI=1S/C14H11Br3ClN/c1-8(11-4-2-9(15)6-12(11)16)19-14-5-3-10(18)7-13(14)17/h2-8,19H,1H3. The summed E-state index contributed by atoms with van der Waals surface area (Å²) in [4.78, 5) is 0. The van der Waals surface area contributed by atoms with Crippen molar-refractivity contribution in [2.45, 2.75) is 13.0 Å². The van der Waals surface area contributed by atoms with Crippen molar-refractivity contribution in [2.24, 2.45) is 0 Å². The minimum absolute atomic E-state index is 0.181. The largest absolute Gasteiger partial charge is 0.378 e. The minimum Gasteiger partial charge on any atom is -0.378 e. The van der Waals surface area contributed by atoms with Gasteiger partial charge in [0.05, 0.1) is 0 Å². The number of hydrogen-bond acceptors (Lipinski definition) is 1. The molecule has 0 heterocycles. The average Bonchev–Trinajstić information content (AvgIpc) is 2.32. The van der Waals surface area contributed by atoms with Crippen molar-refractivity contribution in [3.8, 4) is 0 Å². The average molecular weight is 468 g/mol. The molecule has 0 fully saturated rings. The van der Waals surface area contributed by atoms with Crippen LogP contribution in [0, 0.1) is 0 Å². The Morgan fingerprint density at radius 2 is 1.74 bits per heavy atom. The number of nitrogens with one attached hydrogen (secondary N) is 1. The van der Waals surface area contributed by atoms with E-state index in [2.05, 4.69) is 66.1 Å². The van der Waals surface area contributed by atoms with Gasteiger partial charge >= 0.3 is 0 Å². The molecular formula is C14H11Br3ClN. The zero-order valence-corrected chi connectivity index (χ0v) is 15.6. The second-order valence-electron chi connectivity index (χ2n) is 4.16. The lowest BCUT2D eigenvalue weighted by Gasteiger charge is -2.18. The Balaban J connectivity index is 2.23. The molecule has 5 heteroatoms. The normalized spacial score (nSPS) is 12.3. The van der Waals surface area contributed by atoms with Crippen LogP contribution in [0.15, 0.2) is 49.8 Å². The van der Waals surface area contributed by atoms with Crippen LogP contribution in [0.4, 0.5) is 5.69 Å². The van der Waals surface area contributed by atoms with E-state index >= 15 is 0 Å². The molecule has 2 aromatic carbocycles. The summed E-state index contributed by atoms with van der Waals surface area (Å²) in [5.41, 5.74) is 2.22. The highest BCUT2D eigenvalue weighted by atomic mass is 79.9. The Morgan fingerprint density at radius 3 is 2.37 bits per heavy atom. The zero-order chi connectivity index (χ0) is 14.0. The van der Waals surface area contributed by atoms with E-state index in [0.717, 1.165) is 24.1 Å². The Kier molecular flexibility index (Phi) is 5.35. The third kappa shape index (κ3) is 3.97. The summed E-state index contributed by atoms with van der Waals surface area (Å²) in [5, 5.41) is 4.18. The van der Waals surface area contributed by atoms with E-state index in [1.165, 1.54) is 5.56 Å². The molecule has 0 spiro atoms. The van der Waals surface area contributed by atoms with Crippen LogP contribution >= 0.6 is 59.4 Å². The smallest absolute Gasteiger partial charge is 0.0497 e. The van der Waals surface area contributed by atoms with Crippen molar-refractivity contribution >= 4 is 65.1 Å². The molecule has 0 saturated heterocycles. The summed E-state index contributed by atoms with van der Waals surface area (Å²) >= 11 is 16.5. The second kappa shape index (κ2) is 6.61. The summed E-state index contributed by atoms with van der Waals surface area (Å²) in [7, 11) is 0. The van der Waals surface area contributed by atoms with E-state index in [1.807, 2.05) is 30.3 Å². The first-order chi connectivity index (χ1) is 8.97. The molecule has 0 saturated carbocycles. The monoisotopic (exact) mass is 465 g/mol. The highest BCUT2D eigenvalue weighted by Gasteiger charge is 2.11. The molecule has 0 radical (unpaired) electrons. The highest BCUT2D eigenvalue weighted by molar-refractivity contribution is 9.11. The van der Waals surface area contributed by atoms with Crippen molar-refractivity contribution in [3.63, 3.8) is 0 Å². The number of rotatable bonds is 3. The molecule has 1 atom stereocenters. The lowest BCUT2D eigenvalue weighted by molar-refractivity contribution is 0.877. The lowest BCUT2D eigenvalue weighted by Crippen LogP contribution is -2.07. The van der Waals surface area contributed by atoms with Gasteiger partial charge < -0.3 is 5.32 Å². The van der Waals surface area contributed by atoms with E-state index in [4.69, 9.17) is 11.6 Å². The predicted molar refractivity (Wildman–Crippen MR) is 93.0 cm³/mol. The second-order valence-corrected chi connectivity index (χ2v) is 7.22. The Morgan fingerprint density at radius 1 is 1.00 bits per heavy atom. The maximum atomic E-state index is 5.94. The van der Waals surface area contributed by atoms with Gasteiger partial charge in [0, 0.05) is 30.2 Å². The molecule has 1 N–H and O–H groups in total. The maximum absolute atomic E-state index is 5.94. The molecule has 0 aliphatic carbocycles. The fourth-order valence-corrected chi connectivity index (χ4v) is 3.96. The molecule has 2 aromatic rings. The first-order valence-corrected chi connectivity index (χ1v) is 8.39. The number of anilines is 1. The number of halogens is 4. The van der Waals surface area contributed by atoms with E-state index in [-0.39, 0.29) is 6.04 Å². The summed E-state index contributed by atoms with van der Waals surface area (Å²) in [6.45, 7) is 2.12. The molecular weight excluding hydrogens is 457 g/mol. The van der Waals surface area contributed by atoms with Crippen molar-refractivity contribution in [1.82, 2.24) is 0 Å². The Hall–Kier alpha value is -0.0300. The predicted octanol–water partition coefficient (Wildman–Crippen LogP) is 6.80. The van der Waals surface area contributed by atoms with Gasteiger partial charge in [0.15, 0.2) is 0 Å². The van der Waals surface area contributed by atoms with Crippen molar-refractivity contribution in [2.75, 3.05) is 5.32 Å². The van der Waals surface area contributed by atoms with Crippen LogP contribution in [-0.4, -0.2) is 0 Å². The molecule has 0 amide bonds. The summed E-state index contributed by atoms with van der Waals surface area (Å²) < 4.78 is 3.09. The van der Waals surface area contributed by atoms with Crippen LogP contribution in [0.3, 0.4) is 0 Å². The molecule has 19 heavy (non-hydrogen) atoms. The van der Waals surface area contributed by atoms with Gasteiger partial charge in [-0.2, -0.15) is 0 Å². The highest BCUT2D eigenvalue weighted by Crippen LogP contribution is 2.32. The molecule has 100 valence electrons. The van der Waals surface area contributed by atoms with E-state index in [9.17, 15) is 0 Å². The van der Waals surface area contributed by atoms with Crippen LogP contribution < -0.4 is 5.32 Å². The number of hydrogen-bond donors (Lipinski definition) is 1. The molecule has 0 aliphatic heterocycles. The fourth-order valence-electron chi connectivity index (χ4n) is 1.77. The molecule has 0 aromatic heterocycles. The summed E-state index contributed by atoms with van der Waals surface area (Å²) in [6, 6.07) is 12.1. The molecule has 0 aliphatic rings. The van der Waals surface area contributed by atoms with Crippen LogP contribution in [0.25, 0.3) is 0 Å². The third-order valence-corrected chi connectivity index (χ3v) is 4.80. The van der Waals surface area contributed by atoms with Gasteiger partial charge in [-0.25, -0.2) is 0 Å². The van der Waals surface area contributed by atoms with Gasteiger partial charge in [-0.1, -0.05) is 49.5 Å². The SMILES string of the molecule is CC(Nc1ccc(Cl)cc1Br)c1ccc(Br)cc1Br. The minimum atomic E-state index is 0.181. The van der Waals surface area contributed by atoms with Crippen molar-refractivity contribution in [3.05, 3.63) is 60.4 Å². The molecule has 0 bridgehead atoms. The maximum Gasteiger partial charge on any atom is 0.0497 e. The van der Waals surface area contributed by atoms with Gasteiger partial charge in [0.1, 0.15) is 0 Å². The quantitative estimate of drug-likeness (QED) is 0.523. The zero-order valence-electron chi connectivity index (χ0n) is 10.1.